The van der Waals surface area contributed by atoms with Gasteiger partial charge in [-0.05, 0) is 23.3 Å². The average Bonchev–Trinajstić information content (AvgIpc) is 2.95. The third-order valence-corrected chi connectivity index (χ3v) is 3.25. The first kappa shape index (κ1) is 13.6. The molecule has 2 aromatic carbocycles. The minimum absolute atomic E-state index is 0.389. The van der Waals surface area contributed by atoms with E-state index in [0.717, 1.165) is 22.2 Å². The normalized spacial score (nSPS) is 12.5. The van der Waals surface area contributed by atoms with E-state index >= 15 is 0 Å². The number of nitrogens with zero attached hydrogens (tertiary/aromatic N) is 1. The van der Waals surface area contributed by atoms with Gasteiger partial charge < -0.3 is 20.2 Å². The molecule has 1 unspecified atom stereocenters. The van der Waals surface area contributed by atoms with Crippen molar-refractivity contribution in [3.8, 4) is 11.1 Å². The SMILES string of the molecule is COC(N)CNc1nc2cc(-c3ccccc3)ccc2o1. The predicted molar refractivity (Wildman–Crippen MR) is 82.9 cm³/mol. The number of anilines is 1. The molecule has 0 spiro atoms. The number of benzene rings is 2. The van der Waals surface area contributed by atoms with Crippen LogP contribution in [0.3, 0.4) is 0 Å². The molecule has 1 atom stereocenters. The highest BCUT2D eigenvalue weighted by Gasteiger charge is 2.08. The number of rotatable bonds is 5. The van der Waals surface area contributed by atoms with Gasteiger partial charge >= 0.3 is 0 Å². The Morgan fingerprint density at radius 2 is 2.00 bits per heavy atom. The van der Waals surface area contributed by atoms with Crippen LogP contribution >= 0.6 is 0 Å². The van der Waals surface area contributed by atoms with Crippen molar-refractivity contribution in [2.75, 3.05) is 19.0 Å². The summed E-state index contributed by atoms with van der Waals surface area (Å²) in [4.78, 5) is 4.42. The first-order valence-electron chi connectivity index (χ1n) is 6.74. The third-order valence-electron chi connectivity index (χ3n) is 3.25. The average molecular weight is 283 g/mol. The van der Waals surface area contributed by atoms with Gasteiger partial charge in [-0.3, -0.25) is 0 Å². The Balaban J connectivity index is 1.85. The van der Waals surface area contributed by atoms with Gasteiger partial charge in [-0.25, -0.2) is 0 Å². The summed E-state index contributed by atoms with van der Waals surface area (Å²) in [5, 5.41) is 3.02. The van der Waals surface area contributed by atoms with Gasteiger partial charge in [-0.1, -0.05) is 36.4 Å². The number of hydrogen-bond acceptors (Lipinski definition) is 5. The van der Waals surface area contributed by atoms with Crippen LogP contribution in [0.25, 0.3) is 22.2 Å². The molecule has 0 amide bonds. The lowest BCUT2D eigenvalue weighted by Crippen LogP contribution is -2.30. The second-order valence-corrected chi connectivity index (χ2v) is 4.72. The molecule has 5 heteroatoms. The van der Waals surface area contributed by atoms with Gasteiger partial charge in [0.05, 0.1) is 6.54 Å². The van der Waals surface area contributed by atoms with Crippen molar-refractivity contribution < 1.29 is 9.15 Å². The molecule has 1 heterocycles. The summed E-state index contributed by atoms with van der Waals surface area (Å²) in [6.07, 6.45) is -0.389. The Morgan fingerprint density at radius 3 is 2.76 bits per heavy atom. The molecule has 0 saturated carbocycles. The minimum atomic E-state index is -0.389. The van der Waals surface area contributed by atoms with Crippen molar-refractivity contribution in [3.05, 3.63) is 48.5 Å². The first-order chi connectivity index (χ1) is 10.3. The van der Waals surface area contributed by atoms with E-state index in [1.54, 1.807) is 7.11 Å². The van der Waals surface area contributed by atoms with E-state index in [1.165, 1.54) is 0 Å². The summed E-state index contributed by atoms with van der Waals surface area (Å²) < 4.78 is 10.6. The lowest BCUT2D eigenvalue weighted by molar-refractivity contribution is 0.118. The van der Waals surface area contributed by atoms with E-state index in [1.807, 2.05) is 36.4 Å². The zero-order valence-electron chi connectivity index (χ0n) is 11.7. The van der Waals surface area contributed by atoms with Crippen LogP contribution in [0.15, 0.2) is 52.9 Å². The van der Waals surface area contributed by atoms with Crippen LogP contribution in [-0.4, -0.2) is 24.9 Å². The zero-order chi connectivity index (χ0) is 14.7. The zero-order valence-corrected chi connectivity index (χ0v) is 11.7. The Labute approximate surface area is 122 Å². The van der Waals surface area contributed by atoms with Crippen LogP contribution in [-0.2, 0) is 4.74 Å². The number of aromatic nitrogens is 1. The maximum atomic E-state index is 5.66. The van der Waals surface area contributed by atoms with Gasteiger partial charge in [0.15, 0.2) is 5.58 Å². The fourth-order valence-corrected chi connectivity index (χ4v) is 2.08. The highest BCUT2D eigenvalue weighted by Crippen LogP contribution is 2.25. The fraction of sp³-hybridized carbons (Fsp3) is 0.188. The van der Waals surface area contributed by atoms with Gasteiger partial charge in [-0.15, -0.1) is 0 Å². The minimum Gasteiger partial charge on any atom is -0.424 e. The van der Waals surface area contributed by atoms with Crippen molar-refractivity contribution in [2.45, 2.75) is 6.23 Å². The molecule has 0 radical (unpaired) electrons. The van der Waals surface area contributed by atoms with Crippen LogP contribution in [0, 0.1) is 0 Å². The Kier molecular flexibility index (Phi) is 3.85. The van der Waals surface area contributed by atoms with Gasteiger partial charge in [0.1, 0.15) is 11.7 Å². The third kappa shape index (κ3) is 3.04. The van der Waals surface area contributed by atoms with Crippen LogP contribution in [0.2, 0.25) is 0 Å². The number of nitrogens with two attached hydrogens (primary N) is 1. The summed E-state index contributed by atoms with van der Waals surface area (Å²) in [5.41, 5.74) is 9.47. The van der Waals surface area contributed by atoms with Gasteiger partial charge in [0.2, 0.25) is 0 Å². The lowest BCUT2D eigenvalue weighted by Gasteiger charge is -2.08. The summed E-state index contributed by atoms with van der Waals surface area (Å²) in [5.74, 6) is 0. The number of fused-ring (bicyclic) bond motifs is 1. The van der Waals surface area contributed by atoms with E-state index in [4.69, 9.17) is 14.9 Å². The van der Waals surface area contributed by atoms with Crippen LogP contribution in [0.5, 0.6) is 0 Å². The maximum Gasteiger partial charge on any atom is 0.295 e. The van der Waals surface area contributed by atoms with Crippen molar-refractivity contribution in [3.63, 3.8) is 0 Å². The summed E-state index contributed by atoms with van der Waals surface area (Å²) in [6, 6.07) is 16.6. The molecule has 3 aromatic rings. The summed E-state index contributed by atoms with van der Waals surface area (Å²) >= 11 is 0. The number of methoxy groups -OCH3 is 1. The number of nitrogens with one attached hydrogen (secondary N) is 1. The van der Waals surface area contributed by atoms with E-state index < -0.39 is 0 Å². The molecule has 0 aliphatic heterocycles. The highest BCUT2D eigenvalue weighted by atomic mass is 16.5. The molecule has 5 nitrogen and oxygen atoms in total. The number of hydrogen-bond donors (Lipinski definition) is 2. The quantitative estimate of drug-likeness (QED) is 0.704. The van der Waals surface area contributed by atoms with Gasteiger partial charge in [0.25, 0.3) is 6.01 Å². The molecular weight excluding hydrogens is 266 g/mol. The summed E-state index contributed by atoms with van der Waals surface area (Å²) in [6.45, 7) is 0.439. The second-order valence-electron chi connectivity index (χ2n) is 4.72. The molecule has 3 N–H and O–H groups in total. The molecular formula is C16H17N3O2. The predicted octanol–water partition coefficient (Wildman–Crippen LogP) is 2.84. The molecule has 0 bridgehead atoms. The molecule has 0 fully saturated rings. The molecule has 108 valence electrons. The molecule has 0 aliphatic rings. The summed E-state index contributed by atoms with van der Waals surface area (Å²) in [7, 11) is 1.56. The molecule has 0 saturated heterocycles. The number of ether oxygens (including phenoxy) is 1. The van der Waals surface area contributed by atoms with Crippen molar-refractivity contribution >= 4 is 17.1 Å². The number of oxazole rings is 1. The smallest absolute Gasteiger partial charge is 0.295 e. The first-order valence-corrected chi connectivity index (χ1v) is 6.74. The standard InChI is InChI=1S/C16H17N3O2/c1-20-15(17)10-18-16-19-13-9-12(7-8-14(13)21-16)11-5-3-2-4-6-11/h2-9,15H,10,17H2,1H3,(H,18,19). The molecule has 21 heavy (non-hydrogen) atoms. The molecule has 0 aliphatic carbocycles. The van der Waals surface area contributed by atoms with Crippen LogP contribution in [0.4, 0.5) is 6.01 Å². The van der Waals surface area contributed by atoms with Crippen molar-refractivity contribution in [2.24, 2.45) is 5.73 Å². The largest absolute Gasteiger partial charge is 0.424 e. The highest BCUT2D eigenvalue weighted by molar-refractivity contribution is 5.81. The molecule has 3 rings (SSSR count). The van der Waals surface area contributed by atoms with E-state index in [2.05, 4.69) is 22.4 Å². The van der Waals surface area contributed by atoms with Crippen LogP contribution < -0.4 is 11.1 Å². The fourth-order valence-electron chi connectivity index (χ4n) is 2.08. The van der Waals surface area contributed by atoms with E-state index in [-0.39, 0.29) is 6.23 Å². The second kappa shape index (κ2) is 5.95. The lowest BCUT2D eigenvalue weighted by atomic mass is 10.1. The Bertz CT molecular complexity index is 725. The Hall–Kier alpha value is -2.37. The van der Waals surface area contributed by atoms with E-state index in [9.17, 15) is 0 Å². The maximum absolute atomic E-state index is 5.66. The van der Waals surface area contributed by atoms with Crippen LogP contribution in [0.1, 0.15) is 0 Å². The van der Waals surface area contributed by atoms with Crippen molar-refractivity contribution in [1.82, 2.24) is 4.98 Å². The topological polar surface area (TPSA) is 73.3 Å². The van der Waals surface area contributed by atoms with Gasteiger partial charge in [0, 0.05) is 7.11 Å². The molecule has 1 aromatic heterocycles. The monoisotopic (exact) mass is 283 g/mol. The van der Waals surface area contributed by atoms with Gasteiger partial charge in [-0.2, -0.15) is 4.98 Å². The van der Waals surface area contributed by atoms with E-state index in [0.29, 0.717) is 12.6 Å². The Morgan fingerprint density at radius 1 is 1.19 bits per heavy atom. The van der Waals surface area contributed by atoms with Crippen molar-refractivity contribution in [1.29, 1.82) is 0 Å².